The number of hydrogen-bond acceptors (Lipinski definition) is 15. The Bertz CT molecular complexity index is 1310. The maximum Gasteiger partial charge on any atom is 0.352 e. The van der Waals surface area contributed by atoms with E-state index in [4.69, 9.17) is 16.4 Å². The number of thiazole rings is 1. The second-order valence-corrected chi connectivity index (χ2v) is 10.2. The van der Waals surface area contributed by atoms with Crippen LogP contribution in [0, 0.1) is 0 Å². The third-order valence-electron chi connectivity index (χ3n) is 4.98. The molecule has 7 N–H and O–H groups in total. The number of carbonyl (C=O) groups excluding carboxylic acids is 3. The van der Waals surface area contributed by atoms with Crippen LogP contribution in [0.4, 0.5) is 5.13 Å². The maximum atomic E-state index is 13.0. The maximum absolute atomic E-state index is 13.0. The summed E-state index contributed by atoms with van der Waals surface area (Å²) >= 11 is 3.46. The molecule has 4 heterocycles. The second kappa shape index (κ2) is 11.0. The molecule has 0 bridgehead atoms. The van der Waals surface area contributed by atoms with Gasteiger partial charge in [-0.1, -0.05) is 22.0 Å². The minimum Gasteiger partial charge on any atom is -0.477 e. The second-order valence-electron chi connectivity index (χ2n) is 7.27. The van der Waals surface area contributed by atoms with Gasteiger partial charge in [0, 0.05) is 23.9 Å². The minimum absolute atomic E-state index is 0.0875. The first-order chi connectivity index (χ1) is 17.7. The number of oxime groups is 1. The first kappa shape index (κ1) is 26.2. The van der Waals surface area contributed by atoms with E-state index in [0.29, 0.717) is 5.57 Å². The number of nitrogens with zero attached hydrogens (tertiary/aromatic N) is 7. The number of amides is 3. The summed E-state index contributed by atoms with van der Waals surface area (Å²) in [6.07, 6.45) is 0. The number of anilines is 1. The number of carboxylic acids is 1. The topological polar surface area (TPSA) is 246 Å². The van der Waals surface area contributed by atoms with E-state index in [-0.39, 0.29) is 38.9 Å². The Hall–Kier alpha value is -3.91. The number of β-lactam (4-membered cyclic amide) rings is 1. The smallest absolute Gasteiger partial charge is 0.352 e. The summed E-state index contributed by atoms with van der Waals surface area (Å²) in [5.41, 5.74) is 5.75. The third-order valence-corrected chi connectivity index (χ3v) is 8.02. The highest BCUT2D eigenvalue weighted by Gasteiger charge is 2.54. The molecule has 17 nitrogen and oxygen atoms in total. The van der Waals surface area contributed by atoms with Crippen LogP contribution in [0.2, 0.25) is 0 Å². The van der Waals surface area contributed by atoms with E-state index in [9.17, 15) is 24.3 Å². The fourth-order valence-corrected chi connectivity index (χ4v) is 6.09. The fourth-order valence-electron chi connectivity index (χ4n) is 3.26. The molecule has 2 aromatic heterocycles. The molecular formula is C17H19N11O6S3. The Kier molecular flexibility index (Phi) is 7.78. The number of rotatable bonds is 10. The van der Waals surface area contributed by atoms with Crippen molar-refractivity contribution in [1.29, 1.82) is 0 Å². The number of nitrogens with two attached hydrogens (primary N) is 2. The molecule has 3 amide bonds. The molecule has 0 aromatic carbocycles. The van der Waals surface area contributed by atoms with E-state index < -0.39 is 41.7 Å². The monoisotopic (exact) mass is 569 g/mol. The van der Waals surface area contributed by atoms with Gasteiger partial charge >= 0.3 is 5.97 Å². The van der Waals surface area contributed by atoms with Crippen molar-refractivity contribution in [2.75, 3.05) is 36.7 Å². The lowest BCUT2D eigenvalue weighted by atomic mass is 10.0. The molecular weight excluding hydrogens is 550 g/mol. The van der Waals surface area contributed by atoms with Crippen LogP contribution in [0.25, 0.3) is 0 Å². The van der Waals surface area contributed by atoms with Crippen molar-refractivity contribution >= 4 is 69.4 Å². The van der Waals surface area contributed by atoms with Crippen LogP contribution in [0.15, 0.2) is 27.0 Å². The molecule has 4 rings (SSSR count). The van der Waals surface area contributed by atoms with Crippen molar-refractivity contribution in [3.05, 3.63) is 22.3 Å². The zero-order chi connectivity index (χ0) is 26.7. The average molecular weight is 570 g/mol. The number of thioether (sulfide) groups is 2. The van der Waals surface area contributed by atoms with E-state index in [0.717, 1.165) is 32.8 Å². The Morgan fingerprint density at radius 3 is 2.81 bits per heavy atom. The van der Waals surface area contributed by atoms with E-state index in [1.165, 1.54) is 24.2 Å². The lowest BCUT2D eigenvalue weighted by molar-refractivity contribution is -0.150. The summed E-state index contributed by atoms with van der Waals surface area (Å²) in [7, 11) is 1.41. The SMILES string of the molecule is CNC(=O)CO/N=C(/C(=O)N[C@@H]1C(=O)N2C(C(=O)O)=C(CSc3nnnn3N)CS[C@H]12)c1csc(N)n1. The number of carbonyl (C=O) groups is 4. The molecule has 2 atom stereocenters. The highest BCUT2D eigenvalue weighted by molar-refractivity contribution is 8.01. The lowest BCUT2D eigenvalue weighted by Crippen LogP contribution is -2.71. The number of likely N-dealkylation sites (N-methyl/N-ethyl adjacent to an activating group) is 1. The number of aromatic nitrogens is 5. The molecule has 2 aromatic rings. The molecule has 37 heavy (non-hydrogen) atoms. The number of nitrogens with one attached hydrogen (secondary N) is 2. The Balaban J connectivity index is 1.49. The average Bonchev–Trinajstić information content (AvgIpc) is 3.50. The molecule has 0 spiro atoms. The van der Waals surface area contributed by atoms with E-state index in [1.807, 2.05) is 0 Å². The molecule has 0 radical (unpaired) electrons. The van der Waals surface area contributed by atoms with Crippen molar-refractivity contribution in [3.8, 4) is 0 Å². The van der Waals surface area contributed by atoms with Crippen LogP contribution in [-0.2, 0) is 24.0 Å². The summed E-state index contributed by atoms with van der Waals surface area (Å²) in [5.74, 6) is 2.87. The number of nitrogen functional groups attached to an aromatic ring is 2. The van der Waals surface area contributed by atoms with Gasteiger partial charge in [0.2, 0.25) is 5.16 Å². The van der Waals surface area contributed by atoms with Gasteiger partial charge in [-0.15, -0.1) is 27.9 Å². The number of tetrazole rings is 1. The highest BCUT2D eigenvalue weighted by Crippen LogP contribution is 2.41. The molecule has 0 unspecified atom stereocenters. The normalized spacial score (nSPS) is 19.2. The van der Waals surface area contributed by atoms with E-state index in [2.05, 4.69) is 36.3 Å². The van der Waals surface area contributed by atoms with Gasteiger partial charge in [-0.3, -0.25) is 19.3 Å². The van der Waals surface area contributed by atoms with Gasteiger partial charge in [0.1, 0.15) is 22.8 Å². The standard InChI is InChI=1S/C17H19N11O6S3/c1-20-8(29)2-34-24-9(7-5-36-16(18)21-7)12(30)22-10-13(31)27-11(15(32)33)6(3-35-14(10)27)4-37-17-23-25-26-28(17)19/h5,10,14H,2-4,19H2,1H3,(H2,18,21)(H,20,29)(H,22,30)(H,32,33)/b24-9+/t10-,14-/m1/s1. The van der Waals surface area contributed by atoms with Gasteiger partial charge in [-0.05, 0) is 16.0 Å². The van der Waals surface area contributed by atoms with Gasteiger partial charge in [0.15, 0.2) is 17.5 Å². The quantitative estimate of drug-likeness (QED) is 0.0649. The lowest BCUT2D eigenvalue weighted by Gasteiger charge is -2.49. The largest absolute Gasteiger partial charge is 0.477 e. The van der Waals surface area contributed by atoms with Crippen LogP contribution in [0.3, 0.4) is 0 Å². The predicted molar refractivity (Wildman–Crippen MR) is 131 cm³/mol. The van der Waals surface area contributed by atoms with Crippen LogP contribution in [0.1, 0.15) is 5.69 Å². The molecule has 20 heteroatoms. The van der Waals surface area contributed by atoms with E-state index >= 15 is 0 Å². The van der Waals surface area contributed by atoms with Crippen molar-refractivity contribution < 1.29 is 29.1 Å². The molecule has 2 aliphatic rings. The van der Waals surface area contributed by atoms with Crippen LogP contribution in [-0.4, -0.2) is 101 Å². The van der Waals surface area contributed by atoms with Crippen molar-refractivity contribution in [1.82, 2.24) is 40.8 Å². The van der Waals surface area contributed by atoms with Crippen LogP contribution in [0.5, 0.6) is 0 Å². The van der Waals surface area contributed by atoms with Gasteiger partial charge in [-0.25, -0.2) is 9.78 Å². The van der Waals surface area contributed by atoms with E-state index in [1.54, 1.807) is 0 Å². The number of aliphatic carboxylic acids is 1. The molecule has 2 aliphatic heterocycles. The summed E-state index contributed by atoms with van der Waals surface area (Å²) in [6, 6.07) is -1.03. The number of hydrogen-bond donors (Lipinski definition) is 5. The van der Waals surface area contributed by atoms with Crippen molar-refractivity contribution in [2.45, 2.75) is 16.6 Å². The summed E-state index contributed by atoms with van der Waals surface area (Å²) in [6.45, 7) is -0.453. The third kappa shape index (κ3) is 5.44. The zero-order valence-corrected chi connectivity index (χ0v) is 21.3. The Morgan fingerprint density at radius 2 is 2.19 bits per heavy atom. The number of fused-ring (bicyclic) bond motifs is 1. The van der Waals surface area contributed by atoms with Crippen molar-refractivity contribution in [3.63, 3.8) is 0 Å². The van der Waals surface area contributed by atoms with Crippen molar-refractivity contribution in [2.24, 2.45) is 5.16 Å². The Morgan fingerprint density at radius 1 is 1.41 bits per heavy atom. The minimum atomic E-state index is -1.28. The van der Waals surface area contributed by atoms with Gasteiger partial charge in [0.05, 0.1) is 0 Å². The molecule has 0 aliphatic carbocycles. The van der Waals surface area contributed by atoms with Crippen LogP contribution >= 0.6 is 34.9 Å². The molecule has 1 fully saturated rings. The Labute approximate surface area is 220 Å². The van der Waals surface area contributed by atoms with Crippen LogP contribution < -0.4 is 22.2 Å². The summed E-state index contributed by atoms with van der Waals surface area (Å²) < 4.78 is 0. The predicted octanol–water partition coefficient (Wildman–Crippen LogP) is -2.58. The zero-order valence-electron chi connectivity index (χ0n) is 18.9. The van der Waals surface area contributed by atoms with Gasteiger partial charge in [0.25, 0.3) is 17.7 Å². The summed E-state index contributed by atoms with van der Waals surface area (Å²) in [4.78, 5) is 60.5. The first-order valence-electron chi connectivity index (χ1n) is 10.2. The first-order valence-corrected chi connectivity index (χ1v) is 13.1. The molecule has 196 valence electrons. The molecule has 0 saturated carbocycles. The van der Waals surface area contributed by atoms with Gasteiger partial charge in [-0.2, -0.15) is 0 Å². The highest BCUT2D eigenvalue weighted by atomic mass is 32.2. The molecule has 1 saturated heterocycles. The fraction of sp³-hybridized carbons (Fsp3) is 0.353. The number of carboxylic acid groups (broad SMARTS) is 1. The van der Waals surface area contributed by atoms with Gasteiger partial charge < -0.3 is 32.2 Å². The summed E-state index contributed by atoms with van der Waals surface area (Å²) in [5, 5.41) is 30.3.